The number of hydrogen-bond acceptors (Lipinski definition) is 6. The zero-order valence-electron chi connectivity index (χ0n) is 11.1. The fraction of sp³-hybridized carbons (Fsp3) is 0.308. The molecule has 0 aliphatic carbocycles. The van der Waals surface area contributed by atoms with Gasteiger partial charge in [-0.25, -0.2) is 10.6 Å². The third-order valence-corrected chi connectivity index (χ3v) is 2.49. The van der Waals surface area contributed by atoms with Crippen molar-refractivity contribution in [3.63, 3.8) is 0 Å². The van der Waals surface area contributed by atoms with Crippen molar-refractivity contribution in [1.29, 1.82) is 0 Å². The Hall–Kier alpha value is -2.45. The number of rotatable bonds is 7. The fourth-order valence-electron chi connectivity index (χ4n) is 1.42. The zero-order valence-corrected chi connectivity index (χ0v) is 11.1. The minimum Gasteiger partial charge on any atom is -0.480 e. The highest BCUT2D eigenvalue weighted by Crippen LogP contribution is 2.04. The van der Waals surface area contributed by atoms with E-state index in [1.54, 1.807) is 30.3 Å². The molecule has 1 atom stereocenters. The monoisotopic (exact) mass is 296 g/mol. The van der Waals surface area contributed by atoms with Crippen LogP contribution in [0.3, 0.4) is 0 Å². The van der Waals surface area contributed by atoms with E-state index in [0.29, 0.717) is 5.01 Å². The minimum absolute atomic E-state index is 0.0353. The standard InChI is InChI=1S/C13H16N2O6/c14-15(7-12(18)19)11(17)6-10(16)13(20)21-8-9-4-2-1-3-5-9/h1-5,10,16H,6-8,14H2,(H,18,19)/t10-/m0/s1. The molecule has 0 saturated carbocycles. The van der Waals surface area contributed by atoms with E-state index in [-0.39, 0.29) is 6.61 Å². The van der Waals surface area contributed by atoms with Crippen LogP contribution >= 0.6 is 0 Å². The summed E-state index contributed by atoms with van der Waals surface area (Å²) in [5, 5.41) is 18.4. The van der Waals surface area contributed by atoms with Crippen molar-refractivity contribution in [3.05, 3.63) is 35.9 Å². The van der Waals surface area contributed by atoms with Gasteiger partial charge in [0.15, 0.2) is 6.10 Å². The Bertz CT molecular complexity index is 505. The first-order valence-electron chi connectivity index (χ1n) is 6.05. The third kappa shape index (κ3) is 6.02. The lowest BCUT2D eigenvalue weighted by atomic mass is 10.2. The summed E-state index contributed by atoms with van der Waals surface area (Å²) in [6.07, 6.45) is -2.33. The number of esters is 1. The summed E-state index contributed by atoms with van der Waals surface area (Å²) in [6, 6.07) is 8.80. The molecule has 8 heteroatoms. The van der Waals surface area contributed by atoms with Crippen molar-refractivity contribution < 1.29 is 29.3 Å². The summed E-state index contributed by atoms with van der Waals surface area (Å²) >= 11 is 0. The highest BCUT2D eigenvalue weighted by atomic mass is 16.5. The van der Waals surface area contributed by atoms with Gasteiger partial charge in [-0.2, -0.15) is 0 Å². The Kier molecular flexibility index (Phi) is 6.31. The lowest BCUT2D eigenvalue weighted by molar-refractivity contribution is -0.158. The molecule has 4 N–H and O–H groups in total. The van der Waals surface area contributed by atoms with Gasteiger partial charge in [0.2, 0.25) is 5.91 Å². The van der Waals surface area contributed by atoms with E-state index < -0.39 is 36.9 Å². The third-order valence-electron chi connectivity index (χ3n) is 2.49. The average Bonchev–Trinajstić information content (AvgIpc) is 2.44. The molecule has 0 unspecified atom stereocenters. The summed E-state index contributed by atoms with van der Waals surface area (Å²) in [7, 11) is 0. The number of carboxylic acids is 1. The van der Waals surface area contributed by atoms with Crippen LogP contribution < -0.4 is 5.84 Å². The van der Waals surface area contributed by atoms with Crippen LogP contribution in [0.25, 0.3) is 0 Å². The maximum absolute atomic E-state index is 11.5. The number of hydrazine groups is 1. The van der Waals surface area contributed by atoms with Crippen LogP contribution in [0.1, 0.15) is 12.0 Å². The maximum Gasteiger partial charge on any atom is 0.335 e. The molecule has 1 rings (SSSR count). The first-order valence-corrected chi connectivity index (χ1v) is 6.05. The van der Waals surface area contributed by atoms with Gasteiger partial charge in [-0.05, 0) is 5.56 Å². The van der Waals surface area contributed by atoms with E-state index in [9.17, 15) is 19.5 Å². The molecule has 1 aromatic carbocycles. The molecule has 0 saturated heterocycles. The van der Waals surface area contributed by atoms with E-state index in [2.05, 4.69) is 0 Å². The molecule has 0 aromatic heterocycles. The van der Waals surface area contributed by atoms with Crippen LogP contribution in [0.2, 0.25) is 0 Å². The van der Waals surface area contributed by atoms with Crippen LogP contribution in [-0.4, -0.2) is 45.7 Å². The predicted molar refractivity (Wildman–Crippen MR) is 70.4 cm³/mol. The van der Waals surface area contributed by atoms with E-state index in [1.807, 2.05) is 0 Å². The fourth-order valence-corrected chi connectivity index (χ4v) is 1.42. The Morgan fingerprint density at radius 1 is 1.24 bits per heavy atom. The van der Waals surface area contributed by atoms with E-state index >= 15 is 0 Å². The number of amides is 1. The summed E-state index contributed by atoms with van der Waals surface area (Å²) in [4.78, 5) is 33.3. The van der Waals surface area contributed by atoms with Crippen molar-refractivity contribution in [2.24, 2.45) is 5.84 Å². The number of ether oxygens (including phenoxy) is 1. The lowest BCUT2D eigenvalue weighted by Crippen LogP contribution is -2.43. The summed E-state index contributed by atoms with van der Waals surface area (Å²) in [5.41, 5.74) is 0.732. The minimum atomic E-state index is -1.69. The second-order valence-corrected chi connectivity index (χ2v) is 4.23. The number of aliphatic hydroxyl groups excluding tert-OH is 1. The zero-order chi connectivity index (χ0) is 15.8. The Labute approximate surface area is 120 Å². The van der Waals surface area contributed by atoms with E-state index in [0.717, 1.165) is 5.56 Å². The Morgan fingerprint density at radius 3 is 2.43 bits per heavy atom. The van der Waals surface area contributed by atoms with Gasteiger partial charge >= 0.3 is 11.9 Å². The largest absolute Gasteiger partial charge is 0.480 e. The Morgan fingerprint density at radius 2 is 1.86 bits per heavy atom. The van der Waals surface area contributed by atoms with Gasteiger partial charge in [-0.15, -0.1) is 0 Å². The number of nitrogens with two attached hydrogens (primary N) is 1. The van der Waals surface area contributed by atoms with Crippen molar-refractivity contribution in [2.75, 3.05) is 6.54 Å². The smallest absolute Gasteiger partial charge is 0.335 e. The molecule has 0 heterocycles. The summed E-state index contributed by atoms with van der Waals surface area (Å²) in [5.74, 6) is 2.02. The summed E-state index contributed by atoms with van der Waals surface area (Å²) < 4.78 is 4.83. The highest BCUT2D eigenvalue weighted by Gasteiger charge is 2.23. The molecule has 114 valence electrons. The molecule has 0 radical (unpaired) electrons. The highest BCUT2D eigenvalue weighted by molar-refractivity contribution is 5.86. The number of nitrogens with zero attached hydrogens (tertiary/aromatic N) is 1. The van der Waals surface area contributed by atoms with Gasteiger partial charge in [-0.1, -0.05) is 30.3 Å². The molecule has 8 nitrogen and oxygen atoms in total. The predicted octanol–water partition coefficient (Wildman–Crippen LogP) is -0.732. The number of aliphatic hydroxyl groups is 1. The van der Waals surface area contributed by atoms with Gasteiger partial charge in [-0.3, -0.25) is 14.6 Å². The molecule has 0 bridgehead atoms. The van der Waals surface area contributed by atoms with Crippen molar-refractivity contribution in [3.8, 4) is 0 Å². The molecule has 0 aliphatic rings. The lowest BCUT2D eigenvalue weighted by Gasteiger charge is -2.16. The first kappa shape index (κ1) is 16.6. The number of carboxylic acid groups (broad SMARTS) is 1. The Balaban J connectivity index is 2.40. The van der Waals surface area contributed by atoms with Gasteiger partial charge < -0.3 is 14.9 Å². The number of hydrogen-bond donors (Lipinski definition) is 3. The van der Waals surface area contributed by atoms with Crippen LogP contribution in [0.4, 0.5) is 0 Å². The molecule has 21 heavy (non-hydrogen) atoms. The molecular weight excluding hydrogens is 280 g/mol. The summed E-state index contributed by atoms with van der Waals surface area (Å²) in [6.45, 7) is -0.753. The van der Waals surface area contributed by atoms with Gasteiger partial charge in [0.1, 0.15) is 13.2 Å². The van der Waals surface area contributed by atoms with Gasteiger partial charge in [0.25, 0.3) is 0 Å². The second kappa shape index (κ2) is 7.98. The molecule has 1 amide bonds. The first-order chi connectivity index (χ1) is 9.90. The SMILES string of the molecule is NN(CC(=O)O)C(=O)C[C@H](O)C(=O)OCc1ccccc1. The van der Waals surface area contributed by atoms with Crippen LogP contribution in [-0.2, 0) is 25.7 Å². The number of aliphatic carboxylic acids is 1. The number of carbonyl (C=O) groups is 3. The van der Waals surface area contributed by atoms with Crippen LogP contribution in [0.5, 0.6) is 0 Å². The molecule has 0 spiro atoms. The number of benzene rings is 1. The molecular formula is C13H16N2O6. The van der Waals surface area contributed by atoms with Crippen LogP contribution in [0, 0.1) is 0 Å². The van der Waals surface area contributed by atoms with Gasteiger partial charge in [0, 0.05) is 0 Å². The van der Waals surface area contributed by atoms with E-state index in [1.165, 1.54) is 0 Å². The normalized spacial score (nSPS) is 11.5. The van der Waals surface area contributed by atoms with Crippen molar-refractivity contribution in [1.82, 2.24) is 5.01 Å². The maximum atomic E-state index is 11.5. The quantitative estimate of drug-likeness (QED) is 0.261. The second-order valence-electron chi connectivity index (χ2n) is 4.23. The van der Waals surface area contributed by atoms with Crippen molar-refractivity contribution >= 4 is 17.8 Å². The average molecular weight is 296 g/mol. The van der Waals surface area contributed by atoms with Crippen LogP contribution in [0.15, 0.2) is 30.3 Å². The topological polar surface area (TPSA) is 130 Å². The van der Waals surface area contributed by atoms with Gasteiger partial charge in [0.05, 0.1) is 6.42 Å². The molecule has 0 fully saturated rings. The molecule has 0 aliphatic heterocycles. The van der Waals surface area contributed by atoms with E-state index in [4.69, 9.17) is 15.7 Å². The molecule has 1 aromatic rings. The number of carbonyl (C=O) groups excluding carboxylic acids is 2. The van der Waals surface area contributed by atoms with Crippen molar-refractivity contribution in [2.45, 2.75) is 19.1 Å².